The summed E-state index contributed by atoms with van der Waals surface area (Å²) in [6, 6.07) is 22.2. The third kappa shape index (κ3) is 5.28. The van der Waals surface area contributed by atoms with Gasteiger partial charge in [0, 0.05) is 20.6 Å². The van der Waals surface area contributed by atoms with Crippen LogP contribution in [0.4, 0.5) is 0 Å². The van der Waals surface area contributed by atoms with E-state index in [9.17, 15) is 5.26 Å². The number of hydrogen-bond donors (Lipinski definition) is 0. The molecule has 0 aliphatic carbocycles. The Balaban J connectivity index is 1.79. The van der Waals surface area contributed by atoms with Crippen molar-refractivity contribution < 1.29 is 4.74 Å². The van der Waals surface area contributed by atoms with Gasteiger partial charge in [0.05, 0.1) is 11.6 Å². The average Bonchev–Trinajstić information content (AvgIpc) is 2.66. The van der Waals surface area contributed by atoms with E-state index in [-0.39, 0.29) is 0 Å². The molecule has 3 aromatic rings. The minimum atomic E-state index is 0.322. The molecule has 3 rings (SSSR count). The molecule has 3 aromatic carbocycles. The molecule has 0 atom stereocenters. The second-order valence-electron chi connectivity index (χ2n) is 5.78. The summed E-state index contributed by atoms with van der Waals surface area (Å²) in [6.45, 7) is 0.322. The molecule has 0 aliphatic rings. The first-order valence-electron chi connectivity index (χ1n) is 8.10. The Morgan fingerprint density at radius 1 is 0.926 bits per heavy atom. The van der Waals surface area contributed by atoms with Crippen LogP contribution in [0.25, 0.3) is 11.6 Å². The Bertz CT molecular complexity index is 1040. The summed E-state index contributed by atoms with van der Waals surface area (Å²) >= 11 is 18.1. The van der Waals surface area contributed by atoms with Crippen molar-refractivity contribution in [1.82, 2.24) is 0 Å². The first-order valence-corrected chi connectivity index (χ1v) is 9.23. The molecule has 0 aromatic heterocycles. The minimum Gasteiger partial charge on any atom is -0.489 e. The highest BCUT2D eigenvalue weighted by Gasteiger charge is 2.05. The summed E-state index contributed by atoms with van der Waals surface area (Å²) in [6.07, 6.45) is 1.80. The molecule has 0 fully saturated rings. The lowest BCUT2D eigenvalue weighted by Crippen LogP contribution is -1.96. The van der Waals surface area contributed by atoms with Gasteiger partial charge in [-0.15, -0.1) is 0 Å². The molecule has 134 valence electrons. The molecule has 27 heavy (non-hydrogen) atoms. The fourth-order valence-corrected chi connectivity index (χ4v) is 3.15. The van der Waals surface area contributed by atoms with Crippen molar-refractivity contribution in [3.8, 4) is 11.8 Å². The van der Waals surface area contributed by atoms with E-state index in [1.54, 1.807) is 30.3 Å². The molecule has 0 heterocycles. The first kappa shape index (κ1) is 19.3. The van der Waals surface area contributed by atoms with Gasteiger partial charge >= 0.3 is 0 Å². The van der Waals surface area contributed by atoms with Gasteiger partial charge in [-0.3, -0.25) is 0 Å². The molecular weight excluding hydrogens is 401 g/mol. The third-order valence-corrected chi connectivity index (χ3v) is 4.66. The van der Waals surface area contributed by atoms with Crippen molar-refractivity contribution in [2.24, 2.45) is 0 Å². The monoisotopic (exact) mass is 413 g/mol. The summed E-state index contributed by atoms with van der Waals surface area (Å²) in [5.41, 5.74) is 2.99. The van der Waals surface area contributed by atoms with Gasteiger partial charge in [0.15, 0.2) is 0 Å². The van der Waals surface area contributed by atoms with E-state index in [0.717, 1.165) is 16.7 Å². The molecule has 0 bridgehead atoms. The van der Waals surface area contributed by atoms with Crippen molar-refractivity contribution in [2.75, 3.05) is 0 Å². The molecule has 2 nitrogen and oxygen atoms in total. The zero-order valence-electron chi connectivity index (χ0n) is 14.1. The molecule has 0 N–H and O–H groups in total. The summed E-state index contributed by atoms with van der Waals surface area (Å²) in [5.74, 6) is 0.679. The quantitative estimate of drug-likeness (QED) is 0.324. The maximum atomic E-state index is 9.49. The smallest absolute Gasteiger partial charge is 0.120 e. The number of benzene rings is 3. The van der Waals surface area contributed by atoms with Crippen molar-refractivity contribution in [3.63, 3.8) is 0 Å². The second-order valence-corrected chi connectivity index (χ2v) is 7.06. The van der Waals surface area contributed by atoms with Crippen molar-refractivity contribution in [2.45, 2.75) is 6.61 Å². The Hall–Kier alpha value is -2.44. The average molecular weight is 415 g/mol. The van der Waals surface area contributed by atoms with Gasteiger partial charge in [-0.1, -0.05) is 65.1 Å². The molecule has 0 saturated heterocycles. The van der Waals surface area contributed by atoms with Crippen LogP contribution in [0.3, 0.4) is 0 Å². The van der Waals surface area contributed by atoms with Gasteiger partial charge in [-0.05, 0) is 53.6 Å². The third-order valence-electron chi connectivity index (χ3n) is 3.83. The lowest BCUT2D eigenvalue weighted by atomic mass is 10.0. The maximum Gasteiger partial charge on any atom is 0.120 e. The van der Waals surface area contributed by atoms with Crippen LogP contribution in [-0.4, -0.2) is 0 Å². The van der Waals surface area contributed by atoms with Gasteiger partial charge in [-0.2, -0.15) is 5.26 Å². The van der Waals surface area contributed by atoms with Gasteiger partial charge in [0.2, 0.25) is 0 Å². The fourth-order valence-electron chi connectivity index (χ4n) is 2.50. The lowest BCUT2D eigenvalue weighted by molar-refractivity contribution is 0.306. The fraction of sp³-hybridized carbons (Fsp3) is 0.0455. The van der Waals surface area contributed by atoms with E-state index >= 15 is 0 Å². The Kier molecular flexibility index (Phi) is 6.42. The normalized spacial score (nSPS) is 11.1. The minimum absolute atomic E-state index is 0.322. The highest BCUT2D eigenvalue weighted by molar-refractivity contribution is 6.35. The first-order chi connectivity index (χ1) is 13.0. The van der Waals surface area contributed by atoms with Crippen LogP contribution >= 0.6 is 34.8 Å². The number of allylic oxidation sites excluding steroid dienone is 1. The van der Waals surface area contributed by atoms with Crippen LogP contribution in [0.1, 0.15) is 16.7 Å². The number of halogens is 3. The van der Waals surface area contributed by atoms with Gasteiger partial charge in [0.25, 0.3) is 0 Å². The number of hydrogen-bond acceptors (Lipinski definition) is 2. The van der Waals surface area contributed by atoms with Crippen LogP contribution in [0.15, 0.2) is 66.7 Å². The molecule has 0 aliphatic heterocycles. The predicted molar refractivity (Wildman–Crippen MR) is 112 cm³/mol. The van der Waals surface area contributed by atoms with E-state index in [4.69, 9.17) is 39.5 Å². The van der Waals surface area contributed by atoms with Crippen LogP contribution in [0.5, 0.6) is 5.75 Å². The molecule has 0 radical (unpaired) electrons. The van der Waals surface area contributed by atoms with Crippen LogP contribution < -0.4 is 4.74 Å². The summed E-state index contributed by atoms with van der Waals surface area (Å²) < 4.78 is 5.83. The summed E-state index contributed by atoms with van der Waals surface area (Å²) in [7, 11) is 0. The number of nitrogens with zero attached hydrogens (tertiary/aromatic N) is 1. The molecule has 0 amide bonds. The van der Waals surface area contributed by atoms with Gasteiger partial charge in [-0.25, -0.2) is 0 Å². The molecule has 5 heteroatoms. The molecule has 0 spiro atoms. The van der Waals surface area contributed by atoms with Crippen molar-refractivity contribution in [3.05, 3.63) is 98.5 Å². The predicted octanol–water partition coefficient (Wildman–Crippen LogP) is 7.29. The van der Waals surface area contributed by atoms with E-state index in [1.165, 1.54) is 0 Å². The zero-order valence-corrected chi connectivity index (χ0v) is 16.4. The molecule has 0 unspecified atom stereocenters. The van der Waals surface area contributed by atoms with Crippen LogP contribution in [-0.2, 0) is 6.61 Å². The van der Waals surface area contributed by atoms with E-state index in [0.29, 0.717) is 33.0 Å². The summed E-state index contributed by atoms with van der Waals surface area (Å²) in [5, 5.41) is 11.2. The van der Waals surface area contributed by atoms with Crippen molar-refractivity contribution in [1.29, 1.82) is 5.26 Å². The largest absolute Gasteiger partial charge is 0.489 e. The maximum absolute atomic E-state index is 9.49. The topological polar surface area (TPSA) is 33.0 Å². The highest BCUT2D eigenvalue weighted by Crippen LogP contribution is 2.25. The Morgan fingerprint density at radius 3 is 2.44 bits per heavy atom. The standard InChI is InChI=1S/C22H14Cl3NO/c23-19-5-2-4-16(11-19)18(13-26)9-15-3-1-6-21(10-15)27-14-17-7-8-20(24)12-22(17)25/h1-12H,14H2/b18-9-. The highest BCUT2D eigenvalue weighted by atomic mass is 35.5. The SMILES string of the molecule is N#C/C(=C/c1cccc(OCc2ccc(Cl)cc2Cl)c1)c1cccc(Cl)c1. The van der Waals surface area contributed by atoms with E-state index in [1.807, 2.05) is 42.5 Å². The van der Waals surface area contributed by atoms with Crippen LogP contribution in [0.2, 0.25) is 15.1 Å². The Labute approximate surface area is 173 Å². The Morgan fingerprint density at radius 2 is 1.70 bits per heavy atom. The number of nitriles is 1. The van der Waals surface area contributed by atoms with E-state index < -0.39 is 0 Å². The van der Waals surface area contributed by atoms with Gasteiger partial charge < -0.3 is 4.74 Å². The number of ether oxygens (including phenoxy) is 1. The summed E-state index contributed by atoms with van der Waals surface area (Å²) in [4.78, 5) is 0. The molecule has 0 saturated carbocycles. The van der Waals surface area contributed by atoms with Crippen LogP contribution in [0, 0.1) is 11.3 Å². The van der Waals surface area contributed by atoms with Crippen molar-refractivity contribution >= 4 is 46.5 Å². The number of rotatable bonds is 5. The van der Waals surface area contributed by atoms with Gasteiger partial charge in [0.1, 0.15) is 12.4 Å². The zero-order chi connectivity index (χ0) is 19.2. The van der Waals surface area contributed by atoms with E-state index in [2.05, 4.69) is 6.07 Å². The lowest BCUT2D eigenvalue weighted by Gasteiger charge is -2.09. The second kappa shape index (κ2) is 8.97. The molecular formula is C22H14Cl3NO.